The van der Waals surface area contributed by atoms with Crippen LogP contribution >= 0.6 is 11.6 Å². The second kappa shape index (κ2) is 11.2. The summed E-state index contributed by atoms with van der Waals surface area (Å²) in [5, 5.41) is 21.8. The number of hydroxylamine groups is 1. The molecule has 1 saturated heterocycles. The van der Waals surface area contributed by atoms with E-state index in [0.717, 1.165) is 36.5 Å². The molecule has 0 spiro atoms. The highest BCUT2D eigenvalue weighted by Gasteiger charge is 2.41. The van der Waals surface area contributed by atoms with Crippen LogP contribution in [0.2, 0.25) is 5.02 Å². The van der Waals surface area contributed by atoms with Crippen molar-refractivity contribution in [3.63, 3.8) is 0 Å². The maximum atomic E-state index is 12.8. The van der Waals surface area contributed by atoms with Crippen LogP contribution < -0.4 is 10.2 Å². The van der Waals surface area contributed by atoms with Crippen molar-refractivity contribution in [3.8, 4) is 5.75 Å². The van der Waals surface area contributed by atoms with Crippen molar-refractivity contribution in [1.29, 1.82) is 0 Å². The minimum Gasteiger partial charge on any atom is -0.497 e. The maximum absolute atomic E-state index is 12.8. The number of ether oxygens (including phenoxy) is 1. The molecule has 0 unspecified atom stereocenters. The highest BCUT2D eigenvalue weighted by molar-refractivity contribution is 6.32. The number of benzene rings is 1. The Hall–Kier alpha value is -1.93. The molecule has 0 radical (unpaired) electrons. The standard InChI is InChI=1S/C26H36ClN3O4/c1-34-19-6-7-22-20(16-19)24(21(27)17-28-22)23(31)8-10-26(25(32)29-33)11-14-30(15-12-26)13-9-18-4-2-3-5-18/h6-7,16-18,23,31,33H,2-5,8-15H2,1H3,(H,29,32)/t23-/m1/s1. The number of piperidine rings is 1. The number of carbonyl (C=O) groups excluding carboxylic acids is 1. The Labute approximate surface area is 206 Å². The van der Waals surface area contributed by atoms with Gasteiger partial charge in [0.1, 0.15) is 5.75 Å². The van der Waals surface area contributed by atoms with E-state index in [2.05, 4.69) is 9.88 Å². The highest BCUT2D eigenvalue weighted by Crippen LogP contribution is 2.41. The number of aromatic nitrogens is 1. The molecule has 8 heteroatoms. The fraction of sp³-hybridized carbons (Fsp3) is 0.615. The first-order valence-corrected chi connectivity index (χ1v) is 12.8. The Morgan fingerprint density at radius 3 is 2.74 bits per heavy atom. The predicted molar refractivity (Wildman–Crippen MR) is 132 cm³/mol. The molecule has 1 aliphatic carbocycles. The van der Waals surface area contributed by atoms with Gasteiger partial charge in [-0.3, -0.25) is 15.0 Å². The molecule has 7 nitrogen and oxygen atoms in total. The molecule has 1 aliphatic heterocycles. The number of fused-ring (bicyclic) bond motifs is 1. The number of hydrogen-bond acceptors (Lipinski definition) is 6. The monoisotopic (exact) mass is 489 g/mol. The van der Waals surface area contributed by atoms with Gasteiger partial charge in [0, 0.05) is 17.1 Å². The third-order valence-corrected chi connectivity index (χ3v) is 8.32. The van der Waals surface area contributed by atoms with E-state index in [9.17, 15) is 15.1 Å². The largest absolute Gasteiger partial charge is 0.497 e. The Morgan fingerprint density at radius 1 is 1.32 bits per heavy atom. The maximum Gasteiger partial charge on any atom is 0.249 e. The number of aliphatic hydroxyl groups excluding tert-OH is 1. The minimum atomic E-state index is -0.867. The van der Waals surface area contributed by atoms with Gasteiger partial charge in [0.05, 0.1) is 29.2 Å². The summed E-state index contributed by atoms with van der Waals surface area (Å²) in [5.41, 5.74) is 2.51. The van der Waals surface area contributed by atoms with E-state index in [4.69, 9.17) is 16.3 Å². The fourth-order valence-electron chi connectivity index (χ4n) is 5.77. The highest BCUT2D eigenvalue weighted by atomic mass is 35.5. The Morgan fingerprint density at radius 2 is 2.06 bits per heavy atom. The van der Waals surface area contributed by atoms with Crippen molar-refractivity contribution >= 4 is 28.4 Å². The topological polar surface area (TPSA) is 94.9 Å². The van der Waals surface area contributed by atoms with Crippen LogP contribution in [0, 0.1) is 11.3 Å². The van der Waals surface area contributed by atoms with Crippen LogP contribution in [0.1, 0.15) is 69.5 Å². The second-order valence-electron chi connectivity index (χ2n) is 9.96. The lowest BCUT2D eigenvalue weighted by atomic mass is 9.73. The number of nitrogens with zero attached hydrogens (tertiary/aromatic N) is 2. The number of halogens is 1. The van der Waals surface area contributed by atoms with Gasteiger partial charge in [-0.1, -0.05) is 37.3 Å². The lowest BCUT2D eigenvalue weighted by molar-refractivity contribution is -0.143. The van der Waals surface area contributed by atoms with Gasteiger partial charge in [-0.05, 0) is 75.9 Å². The molecule has 3 N–H and O–H groups in total. The molecule has 1 aromatic heterocycles. The summed E-state index contributed by atoms with van der Waals surface area (Å²) in [4.78, 5) is 19.6. The summed E-state index contributed by atoms with van der Waals surface area (Å²) in [6.45, 7) is 2.73. The van der Waals surface area contributed by atoms with Gasteiger partial charge < -0.3 is 14.7 Å². The van der Waals surface area contributed by atoms with Crippen LogP contribution in [-0.2, 0) is 4.79 Å². The number of likely N-dealkylation sites (tertiary alicyclic amines) is 1. The Balaban J connectivity index is 1.44. The number of nitrogens with one attached hydrogen (secondary N) is 1. The normalized spacial score (nSPS) is 19.9. The van der Waals surface area contributed by atoms with Gasteiger partial charge in [0.2, 0.25) is 5.91 Å². The average molecular weight is 490 g/mol. The number of aliphatic hydroxyl groups is 1. The van der Waals surface area contributed by atoms with E-state index in [1.807, 2.05) is 23.7 Å². The number of methoxy groups -OCH3 is 1. The Kier molecular flexibility index (Phi) is 8.30. The fourth-order valence-corrected chi connectivity index (χ4v) is 6.05. The van der Waals surface area contributed by atoms with Crippen molar-refractivity contribution in [2.75, 3.05) is 26.7 Å². The van der Waals surface area contributed by atoms with Crippen LogP contribution in [-0.4, -0.2) is 52.8 Å². The van der Waals surface area contributed by atoms with Gasteiger partial charge in [-0.15, -0.1) is 0 Å². The van der Waals surface area contributed by atoms with Gasteiger partial charge in [0.25, 0.3) is 0 Å². The van der Waals surface area contributed by atoms with Crippen LogP contribution in [0.4, 0.5) is 0 Å². The molecule has 1 aromatic carbocycles. The average Bonchev–Trinajstić information content (AvgIpc) is 3.39. The zero-order chi connectivity index (χ0) is 24.1. The van der Waals surface area contributed by atoms with Gasteiger partial charge >= 0.3 is 0 Å². The van der Waals surface area contributed by atoms with Crippen molar-refractivity contribution in [2.45, 2.75) is 63.9 Å². The summed E-state index contributed by atoms with van der Waals surface area (Å²) >= 11 is 6.46. The van der Waals surface area contributed by atoms with Crippen molar-refractivity contribution in [1.82, 2.24) is 15.4 Å². The van der Waals surface area contributed by atoms with Crippen LogP contribution in [0.15, 0.2) is 24.4 Å². The van der Waals surface area contributed by atoms with Crippen LogP contribution in [0.25, 0.3) is 10.9 Å². The van der Waals surface area contributed by atoms with E-state index >= 15 is 0 Å². The van der Waals surface area contributed by atoms with E-state index in [0.29, 0.717) is 42.0 Å². The molecule has 4 rings (SSSR count). The second-order valence-corrected chi connectivity index (χ2v) is 10.4. The molecular formula is C26H36ClN3O4. The number of rotatable bonds is 9. The van der Waals surface area contributed by atoms with E-state index in [-0.39, 0.29) is 5.91 Å². The summed E-state index contributed by atoms with van der Waals surface area (Å²) in [6.07, 6.45) is 9.46. The molecule has 1 amide bonds. The molecule has 2 heterocycles. The molecule has 2 aromatic rings. The van der Waals surface area contributed by atoms with Crippen molar-refractivity contribution < 1.29 is 19.8 Å². The molecule has 2 aliphatic rings. The molecular weight excluding hydrogens is 454 g/mol. The zero-order valence-electron chi connectivity index (χ0n) is 19.9. The smallest absolute Gasteiger partial charge is 0.249 e. The molecule has 2 fully saturated rings. The minimum absolute atomic E-state index is 0.353. The summed E-state index contributed by atoms with van der Waals surface area (Å²) in [7, 11) is 1.59. The summed E-state index contributed by atoms with van der Waals surface area (Å²) < 4.78 is 5.34. The lowest BCUT2D eigenvalue weighted by Gasteiger charge is -2.41. The third-order valence-electron chi connectivity index (χ3n) is 8.02. The molecule has 1 saturated carbocycles. The molecule has 0 bridgehead atoms. The molecule has 34 heavy (non-hydrogen) atoms. The number of pyridine rings is 1. The van der Waals surface area contributed by atoms with Gasteiger partial charge in [0.15, 0.2) is 0 Å². The lowest BCUT2D eigenvalue weighted by Crippen LogP contribution is -2.48. The number of amides is 1. The van der Waals surface area contributed by atoms with E-state index < -0.39 is 11.5 Å². The first kappa shape index (κ1) is 25.2. The summed E-state index contributed by atoms with van der Waals surface area (Å²) in [6, 6.07) is 5.48. The SMILES string of the molecule is COc1ccc2ncc(Cl)c([C@H](O)CCC3(C(=O)NO)CCN(CCC4CCCC4)CC3)c2c1. The first-order chi connectivity index (χ1) is 16.5. The van der Waals surface area contributed by atoms with Gasteiger partial charge in [-0.25, -0.2) is 5.48 Å². The summed E-state index contributed by atoms with van der Waals surface area (Å²) in [5.74, 6) is 1.15. The quantitative estimate of drug-likeness (QED) is 0.343. The van der Waals surface area contributed by atoms with E-state index in [1.165, 1.54) is 32.1 Å². The molecule has 186 valence electrons. The van der Waals surface area contributed by atoms with Crippen LogP contribution in [0.3, 0.4) is 0 Å². The predicted octanol–water partition coefficient (Wildman–Crippen LogP) is 4.88. The number of carbonyl (C=O) groups is 1. The van der Waals surface area contributed by atoms with E-state index in [1.54, 1.807) is 13.3 Å². The Bertz CT molecular complexity index is 987. The van der Waals surface area contributed by atoms with Gasteiger partial charge in [-0.2, -0.15) is 0 Å². The van der Waals surface area contributed by atoms with Crippen LogP contribution in [0.5, 0.6) is 5.75 Å². The molecule has 1 atom stereocenters. The zero-order valence-corrected chi connectivity index (χ0v) is 20.7. The number of hydrogen-bond donors (Lipinski definition) is 3. The van der Waals surface area contributed by atoms with Crippen molar-refractivity contribution in [3.05, 3.63) is 35.0 Å². The van der Waals surface area contributed by atoms with Crippen molar-refractivity contribution in [2.24, 2.45) is 11.3 Å². The third kappa shape index (κ3) is 5.48. The first-order valence-electron chi connectivity index (χ1n) is 12.4.